The number of nitrogens with one attached hydrogen (secondary N) is 1. The van der Waals surface area contributed by atoms with Crippen molar-refractivity contribution in [3.8, 4) is 11.6 Å². The molecule has 1 saturated carbocycles. The van der Waals surface area contributed by atoms with Gasteiger partial charge in [-0.15, -0.1) is 0 Å². The molecule has 1 aliphatic carbocycles. The number of nitrogens with zero attached hydrogens (tertiary/aromatic N) is 2. The van der Waals surface area contributed by atoms with Gasteiger partial charge in [-0.3, -0.25) is 4.79 Å². The molecule has 22 heavy (non-hydrogen) atoms. The van der Waals surface area contributed by atoms with E-state index in [-0.39, 0.29) is 5.56 Å². The molecular weight excluding hydrogens is 280 g/mol. The Balaban J connectivity index is 1.79. The summed E-state index contributed by atoms with van der Waals surface area (Å²) in [7, 11) is 0. The van der Waals surface area contributed by atoms with Gasteiger partial charge in [-0.2, -0.15) is 4.98 Å². The monoisotopic (exact) mass is 296 g/mol. The number of H-pyrrole nitrogens is 1. The second-order valence-corrected chi connectivity index (χ2v) is 5.89. The van der Waals surface area contributed by atoms with Crippen molar-refractivity contribution in [3.05, 3.63) is 46.5 Å². The Hall–Kier alpha value is -2.47. The highest BCUT2D eigenvalue weighted by atomic mass is 16.5. The third kappa shape index (κ3) is 2.03. The molecule has 0 saturated heterocycles. The van der Waals surface area contributed by atoms with Gasteiger partial charge < -0.3 is 15.2 Å². The predicted molar refractivity (Wildman–Crippen MR) is 82.2 cm³/mol. The van der Waals surface area contributed by atoms with Crippen LogP contribution in [0.4, 0.5) is 0 Å². The van der Waals surface area contributed by atoms with Crippen molar-refractivity contribution in [2.75, 3.05) is 0 Å². The highest BCUT2D eigenvalue weighted by Gasteiger charge is 2.36. The van der Waals surface area contributed by atoms with Crippen LogP contribution in [0.25, 0.3) is 22.4 Å². The molecule has 3 aromatic rings. The lowest BCUT2D eigenvalue weighted by molar-refractivity contribution is 0.372. The van der Waals surface area contributed by atoms with Crippen molar-refractivity contribution in [3.63, 3.8) is 0 Å². The van der Waals surface area contributed by atoms with Crippen molar-refractivity contribution in [1.29, 1.82) is 0 Å². The fourth-order valence-electron chi connectivity index (χ4n) is 3.09. The lowest BCUT2D eigenvalue weighted by Gasteiger charge is -2.17. The van der Waals surface area contributed by atoms with Crippen molar-refractivity contribution < 1.29 is 4.52 Å². The lowest BCUT2D eigenvalue weighted by Crippen LogP contribution is -2.34. The summed E-state index contributed by atoms with van der Waals surface area (Å²) in [6.45, 7) is 0. The molecule has 1 aromatic carbocycles. The minimum Gasteiger partial charge on any atom is -0.332 e. The molecule has 1 fully saturated rings. The number of pyridine rings is 1. The van der Waals surface area contributed by atoms with Crippen LogP contribution in [0, 0.1) is 0 Å². The molecule has 6 nitrogen and oxygen atoms in total. The van der Waals surface area contributed by atoms with Crippen molar-refractivity contribution in [1.82, 2.24) is 15.1 Å². The van der Waals surface area contributed by atoms with Crippen molar-refractivity contribution in [2.24, 2.45) is 5.73 Å². The van der Waals surface area contributed by atoms with Crippen LogP contribution in [0.3, 0.4) is 0 Å². The van der Waals surface area contributed by atoms with Crippen LogP contribution in [-0.2, 0) is 5.54 Å². The SMILES string of the molecule is NC1(c2noc(-c3cc4ccccc4c(=O)[nH]3)n2)CCCC1. The maximum atomic E-state index is 12.1. The Kier molecular flexibility index (Phi) is 2.87. The van der Waals surface area contributed by atoms with Gasteiger partial charge in [-0.1, -0.05) is 36.2 Å². The van der Waals surface area contributed by atoms with E-state index in [9.17, 15) is 4.79 Å². The molecule has 0 bridgehead atoms. The van der Waals surface area contributed by atoms with Crippen molar-refractivity contribution >= 4 is 10.8 Å². The molecule has 4 rings (SSSR count). The number of rotatable bonds is 2. The van der Waals surface area contributed by atoms with Gasteiger partial charge >= 0.3 is 0 Å². The zero-order valence-electron chi connectivity index (χ0n) is 12.0. The first kappa shape index (κ1) is 13.2. The summed E-state index contributed by atoms with van der Waals surface area (Å²) in [5.74, 6) is 0.823. The molecule has 2 heterocycles. The number of benzene rings is 1. The summed E-state index contributed by atoms with van der Waals surface area (Å²) in [6.07, 6.45) is 3.88. The van der Waals surface area contributed by atoms with Crippen LogP contribution >= 0.6 is 0 Å². The van der Waals surface area contributed by atoms with E-state index in [0.29, 0.717) is 22.8 Å². The fraction of sp³-hybridized carbons (Fsp3) is 0.312. The summed E-state index contributed by atoms with van der Waals surface area (Å²) in [6, 6.07) is 9.22. The minimum absolute atomic E-state index is 0.170. The average Bonchev–Trinajstić information content (AvgIpc) is 3.17. The largest absolute Gasteiger partial charge is 0.332 e. The molecular formula is C16H16N4O2. The molecule has 0 atom stereocenters. The van der Waals surface area contributed by atoms with Crippen LogP contribution < -0.4 is 11.3 Å². The molecule has 0 spiro atoms. The Morgan fingerprint density at radius 1 is 1.23 bits per heavy atom. The van der Waals surface area contributed by atoms with Crippen molar-refractivity contribution in [2.45, 2.75) is 31.2 Å². The van der Waals surface area contributed by atoms with Gasteiger partial charge in [0, 0.05) is 5.39 Å². The van der Waals surface area contributed by atoms with E-state index in [1.807, 2.05) is 24.3 Å². The van der Waals surface area contributed by atoms with Crippen LogP contribution in [0.15, 0.2) is 39.6 Å². The van der Waals surface area contributed by atoms with Gasteiger partial charge in [0.1, 0.15) is 5.69 Å². The van der Waals surface area contributed by atoms with E-state index >= 15 is 0 Å². The highest BCUT2D eigenvalue weighted by Crippen LogP contribution is 2.35. The van der Waals surface area contributed by atoms with E-state index in [1.54, 1.807) is 6.07 Å². The second kappa shape index (κ2) is 4.78. The molecule has 0 unspecified atom stereocenters. The van der Waals surface area contributed by atoms with Crippen LogP contribution in [0.5, 0.6) is 0 Å². The zero-order valence-corrected chi connectivity index (χ0v) is 12.0. The minimum atomic E-state index is -0.501. The van der Waals surface area contributed by atoms with Crippen LogP contribution in [0.1, 0.15) is 31.5 Å². The summed E-state index contributed by atoms with van der Waals surface area (Å²) in [4.78, 5) is 19.3. The third-order valence-corrected chi connectivity index (χ3v) is 4.35. The number of aromatic nitrogens is 3. The van der Waals surface area contributed by atoms with E-state index in [4.69, 9.17) is 10.3 Å². The molecule has 6 heteroatoms. The number of aromatic amines is 1. The van der Waals surface area contributed by atoms with E-state index in [0.717, 1.165) is 31.1 Å². The topological polar surface area (TPSA) is 97.8 Å². The standard InChI is InChI=1S/C16H16N4O2/c17-16(7-3-4-8-16)15-19-14(22-20-15)12-9-10-5-1-2-6-11(10)13(21)18-12/h1-2,5-6,9H,3-4,7-8,17H2,(H,18,21). The Labute approximate surface area is 126 Å². The first-order valence-corrected chi connectivity index (χ1v) is 7.41. The third-order valence-electron chi connectivity index (χ3n) is 4.35. The van der Waals surface area contributed by atoms with Gasteiger partial charge in [-0.25, -0.2) is 0 Å². The summed E-state index contributed by atoms with van der Waals surface area (Å²) in [5.41, 5.74) is 6.18. The predicted octanol–water partition coefficient (Wildman–Crippen LogP) is 2.31. The first-order valence-electron chi connectivity index (χ1n) is 7.41. The molecule has 0 radical (unpaired) electrons. The first-order chi connectivity index (χ1) is 10.7. The van der Waals surface area contributed by atoms with Gasteiger partial charge in [0.25, 0.3) is 11.4 Å². The number of hydrogen-bond acceptors (Lipinski definition) is 5. The molecule has 0 amide bonds. The normalized spacial score (nSPS) is 17.1. The average molecular weight is 296 g/mol. The van der Waals surface area contributed by atoms with Gasteiger partial charge in [0.05, 0.1) is 5.54 Å². The molecule has 3 N–H and O–H groups in total. The molecule has 0 aliphatic heterocycles. The van der Waals surface area contributed by atoms with E-state index < -0.39 is 5.54 Å². The molecule has 2 aromatic heterocycles. The maximum absolute atomic E-state index is 12.1. The van der Waals surface area contributed by atoms with Gasteiger partial charge in [0.2, 0.25) is 0 Å². The van der Waals surface area contributed by atoms with E-state index in [2.05, 4.69) is 15.1 Å². The Morgan fingerprint density at radius 2 is 2.00 bits per heavy atom. The summed E-state index contributed by atoms with van der Waals surface area (Å²) < 4.78 is 5.32. The highest BCUT2D eigenvalue weighted by molar-refractivity contribution is 5.84. The lowest BCUT2D eigenvalue weighted by atomic mass is 9.99. The van der Waals surface area contributed by atoms with Gasteiger partial charge in [0.15, 0.2) is 5.82 Å². The van der Waals surface area contributed by atoms with E-state index in [1.165, 1.54) is 0 Å². The van der Waals surface area contributed by atoms with Gasteiger partial charge in [-0.05, 0) is 30.4 Å². The summed E-state index contributed by atoms with van der Waals surface area (Å²) >= 11 is 0. The second-order valence-electron chi connectivity index (χ2n) is 5.89. The Morgan fingerprint density at radius 3 is 2.82 bits per heavy atom. The van der Waals surface area contributed by atoms with Crippen LogP contribution in [0.2, 0.25) is 0 Å². The van der Waals surface area contributed by atoms with Crippen LogP contribution in [-0.4, -0.2) is 15.1 Å². The number of nitrogens with two attached hydrogens (primary N) is 1. The zero-order chi connectivity index (χ0) is 15.2. The molecule has 112 valence electrons. The fourth-order valence-corrected chi connectivity index (χ4v) is 3.09. The number of hydrogen-bond donors (Lipinski definition) is 2. The summed E-state index contributed by atoms with van der Waals surface area (Å²) in [5, 5.41) is 5.50. The quantitative estimate of drug-likeness (QED) is 0.756. The smallest absolute Gasteiger partial charge is 0.274 e. The number of fused-ring (bicyclic) bond motifs is 1. The maximum Gasteiger partial charge on any atom is 0.274 e. The Bertz CT molecular complexity index is 890. The molecule has 1 aliphatic rings.